The van der Waals surface area contributed by atoms with Crippen molar-refractivity contribution in [2.45, 2.75) is 13.0 Å². The predicted molar refractivity (Wildman–Crippen MR) is 51.0 cm³/mol. The first-order chi connectivity index (χ1) is 5.83. The molecule has 0 fully saturated rings. The molecule has 0 aliphatic heterocycles. The van der Waals surface area contributed by atoms with Crippen LogP contribution in [0.25, 0.3) is 0 Å². The molecule has 1 nitrogen and oxygen atoms in total. The Bertz CT molecular complexity index is 238. The fraction of sp³-hybridized carbons (Fsp3) is 0.182. The molecule has 1 radical (unpaired) electrons. The molecule has 0 saturated carbocycles. The third-order valence-corrected chi connectivity index (χ3v) is 1.47. The first-order valence-corrected chi connectivity index (χ1v) is 4.00. The normalized spacial score (nSPS) is 13.2. The highest BCUT2D eigenvalue weighted by Crippen LogP contribution is 2.10. The van der Waals surface area contributed by atoms with Gasteiger partial charge in [0, 0.05) is 0 Å². The molecule has 0 aromatic heterocycles. The van der Waals surface area contributed by atoms with Gasteiger partial charge in [0.25, 0.3) is 0 Å². The summed E-state index contributed by atoms with van der Waals surface area (Å²) in [7, 11) is 0. The number of para-hydroxylation sites is 1. The van der Waals surface area contributed by atoms with Crippen LogP contribution in [0.15, 0.2) is 42.5 Å². The van der Waals surface area contributed by atoms with Crippen molar-refractivity contribution in [3.05, 3.63) is 49.4 Å². The second-order valence-corrected chi connectivity index (χ2v) is 2.56. The molecule has 1 rings (SSSR count). The lowest BCUT2D eigenvalue weighted by Gasteiger charge is -2.09. The van der Waals surface area contributed by atoms with E-state index in [9.17, 15) is 0 Å². The molecule has 12 heavy (non-hydrogen) atoms. The van der Waals surface area contributed by atoms with Crippen LogP contribution in [0.1, 0.15) is 6.92 Å². The van der Waals surface area contributed by atoms with Crippen LogP contribution in [-0.4, -0.2) is 6.10 Å². The Labute approximate surface area is 73.7 Å². The molecule has 1 unspecified atom stereocenters. The molecule has 0 heterocycles. The summed E-state index contributed by atoms with van der Waals surface area (Å²) >= 11 is 0. The van der Waals surface area contributed by atoms with Gasteiger partial charge in [-0.25, -0.2) is 0 Å². The molecule has 0 amide bonds. The zero-order valence-electron chi connectivity index (χ0n) is 7.23. The number of benzene rings is 1. The molecule has 0 spiro atoms. The van der Waals surface area contributed by atoms with Crippen LogP contribution in [0.2, 0.25) is 0 Å². The number of rotatable bonds is 3. The maximum Gasteiger partial charge on any atom is 0.120 e. The second kappa shape index (κ2) is 4.60. The summed E-state index contributed by atoms with van der Waals surface area (Å²) in [5.41, 5.74) is 0. The van der Waals surface area contributed by atoms with Crippen LogP contribution in [0.5, 0.6) is 5.75 Å². The van der Waals surface area contributed by atoms with Crippen LogP contribution in [0.4, 0.5) is 0 Å². The van der Waals surface area contributed by atoms with Crippen LogP contribution < -0.4 is 4.74 Å². The lowest BCUT2D eigenvalue weighted by molar-refractivity contribution is 0.270. The molecule has 0 N–H and O–H groups in total. The third kappa shape index (κ3) is 2.79. The molecule has 0 aliphatic rings. The van der Waals surface area contributed by atoms with Gasteiger partial charge in [-0.15, -0.1) is 0 Å². The summed E-state index contributed by atoms with van der Waals surface area (Å²) in [6, 6.07) is 9.75. The fourth-order valence-electron chi connectivity index (χ4n) is 0.945. The quantitative estimate of drug-likeness (QED) is 0.662. The van der Waals surface area contributed by atoms with Gasteiger partial charge in [0.15, 0.2) is 0 Å². The van der Waals surface area contributed by atoms with Gasteiger partial charge in [0.1, 0.15) is 11.9 Å². The Morgan fingerprint density at radius 3 is 2.58 bits per heavy atom. The van der Waals surface area contributed by atoms with E-state index in [1.165, 1.54) is 0 Å². The number of allylic oxidation sites excluding steroid dienone is 1. The Hall–Kier alpha value is -1.24. The third-order valence-electron chi connectivity index (χ3n) is 1.47. The summed E-state index contributed by atoms with van der Waals surface area (Å²) in [5.74, 6) is 0.892. The monoisotopic (exact) mass is 161 g/mol. The fourth-order valence-corrected chi connectivity index (χ4v) is 0.945. The van der Waals surface area contributed by atoms with Crippen molar-refractivity contribution in [1.82, 2.24) is 0 Å². The minimum absolute atomic E-state index is 0.0879. The van der Waals surface area contributed by atoms with Crippen molar-refractivity contribution in [2.24, 2.45) is 0 Å². The zero-order valence-corrected chi connectivity index (χ0v) is 7.23. The van der Waals surface area contributed by atoms with Gasteiger partial charge in [-0.1, -0.05) is 24.3 Å². The molecule has 1 aromatic carbocycles. The minimum atomic E-state index is 0.0879. The topological polar surface area (TPSA) is 9.23 Å². The van der Waals surface area contributed by atoms with E-state index >= 15 is 0 Å². The number of hydrogen-bond donors (Lipinski definition) is 0. The van der Waals surface area contributed by atoms with Crippen molar-refractivity contribution >= 4 is 0 Å². The van der Waals surface area contributed by atoms with Crippen LogP contribution in [-0.2, 0) is 0 Å². The van der Waals surface area contributed by atoms with Gasteiger partial charge < -0.3 is 4.74 Å². The van der Waals surface area contributed by atoms with Crippen molar-refractivity contribution in [3.8, 4) is 5.75 Å². The average molecular weight is 161 g/mol. The van der Waals surface area contributed by atoms with Crippen LogP contribution >= 0.6 is 0 Å². The van der Waals surface area contributed by atoms with E-state index in [4.69, 9.17) is 4.74 Å². The molecule has 0 saturated heterocycles. The van der Waals surface area contributed by atoms with Gasteiger partial charge in [-0.2, -0.15) is 0 Å². The first-order valence-electron chi connectivity index (χ1n) is 4.00. The first kappa shape index (κ1) is 8.85. The lowest BCUT2D eigenvalue weighted by Crippen LogP contribution is -2.07. The largest absolute Gasteiger partial charge is 0.487 e. The summed E-state index contributed by atoms with van der Waals surface area (Å²) < 4.78 is 5.53. The molecule has 63 valence electrons. The number of hydrogen-bond acceptors (Lipinski definition) is 1. The van der Waals surface area contributed by atoms with E-state index < -0.39 is 0 Å². The molecule has 0 bridgehead atoms. The zero-order chi connectivity index (χ0) is 8.81. The average Bonchev–Trinajstić information content (AvgIpc) is 2.06. The number of ether oxygens (including phenoxy) is 1. The molecule has 0 aliphatic carbocycles. The maximum absolute atomic E-state index is 5.53. The van der Waals surface area contributed by atoms with E-state index in [0.29, 0.717) is 0 Å². The molecular formula is C11H13O. The summed E-state index contributed by atoms with van der Waals surface area (Å²) in [5, 5.41) is 0. The van der Waals surface area contributed by atoms with E-state index in [1.54, 1.807) is 6.08 Å². The Kier molecular flexibility index (Phi) is 3.39. The Morgan fingerprint density at radius 1 is 1.33 bits per heavy atom. The minimum Gasteiger partial charge on any atom is -0.487 e. The van der Waals surface area contributed by atoms with E-state index in [0.717, 1.165) is 5.75 Å². The van der Waals surface area contributed by atoms with Crippen molar-refractivity contribution in [1.29, 1.82) is 0 Å². The summed E-state index contributed by atoms with van der Waals surface area (Å²) in [6.45, 7) is 5.59. The predicted octanol–water partition coefficient (Wildman–Crippen LogP) is 2.84. The van der Waals surface area contributed by atoms with Gasteiger partial charge in [-0.05, 0) is 32.1 Å². The summed E-state index contributed by atoms with van der Waals surface area (Å²) in [4.78, 5) is 0. The smallest absolute Gasteiger partial charge is 0.120 e. The molecule has 1 aromatic rings. The highest BCUT2D eigenvalue weighted by molar-refractivity contribution is 5.21. The highest BCUT2D eigenvalue weighted by Gasteiger charge is 1.96. The second-order valence-electron chi connectivity index (χ2n) is 2.56. The van der Waals surface area contributed by atoms with Crippen molar-refractivity contribution in [2.75, 3.05) is 0 Å². The van der Waals surface area contributed by atoms with Crippen LogP contribution in [0, 0.1) is 6.92 Å². The van der Waals surface area contributed by atoms with Gasteiger partial charge in [0.05, 0.1) is 0 Å². The molecular weight excluding hydrogens is 148 g/mol. The SMILES string of the molecule is [CH2]C=CC(C)Oc1ccccc1. The lowest BCUT2D eigenvalue weighted by atomic mass is 10.3. The van der Waals surface area contributed by atoms with Gasteiger partial charge in [0.2, 0.25) is 0 Å². The molecule has 1 heteroatoms. The van der Waals surface area contributed by atoms with E-state index in [2.05, 4.69) is 6.92 Å². The van der Waals surface area contributed by atoms with E-state index in [-0.39, 0.29) is 6.10 Å². The standard InChI is InChI=1S/C11H13O/c1-3-7-10(2)12-11-8-5-4-6-9-11/h3-10H,1H2,2H3. The van der Waals surface area contributed by atoms with E-state index in [1.807, 2.05) is 43.3 Å². The highest BCUT2D eigenvalue weighted by atomic mass is 16.5. The van der Waals surface area contributed by atoms with Gasteiger partial charge >= 0.3 is 0 Å². The van der Waals surface area contributed by atoms with Crippen molar-refractivity contribution < 1.29 is 4.74 Å². The summed E-state index contributed by atoms with van der Waals surface area (Å²) in [6.07, 6.45) is 3.74. The van der Waals surface area contributed by atoms with Gasteiger partial charge in [-0.3, -0.25) is 0 Å². The van der Waals surface area contributed by atoms with Crippen LogP contribution in [0.3, 0.4) is 0 Å². The molecule has 1 atom stereocenters. The Balaban J connectivity index is 2.52. The maximum atomic E-state index is 5.53. The van der Waals surface area contributed by atoms with Crippen molar-refractivity contribution in [3.63, 3.8) is 0 Å². The Morgan fingerprint density at radius 2 is 2.00 bits per heavy atom.